The quantitative estimate of drug-likeness (QED) is 0.172. The molecule has 0 bridgehead atoms. The summed E-state index contributed by atoms with van der Waals surface area (Å²) in [6.07, 6.45) is 0. The topological polar surface area (TPSA) is 29.5 Å². The van der Waals surface area contributed by atoms with Gasteiger partial charge in [0.15, 0.2) is 5.58 Å². The number of benzene rings is 11. The van der Waals surface area contributed by atoms with Gasteiger partial charge in [0.1, 0.15) is 16.7 Å². The van der Waals surface area contributed by atoms with Gasteiger partial charge in [-0.05, 0) is 110 Å². The van der Waals surface area contributed by atoms with Crippen molar-refractivity contribution in [1.29, 1.82) is 0 Å². The monoisotopic (exact) mass is 921 g/mol. The summed E-state index contributed by atoms with van der Waals surface area (Å²) >= 11 is 1.84. The molecule has 2 aliphatic rings. The van der Waals surface area contributed by atoms with Gasteiger partial charge in [0.25, 0.3) is 0 Å². The first-order valence-corrected chi connectivity index (χ1v) is 25.1. The number of hydrogen-bond donors (Lipinski definition) is 0. The molecule has 3 heterocycles. The molecule has 1 spiro atoms. The fourth-order valence-electron chi connectivity index (χ4n) is 12.6. The third-order valence-electron chi connectivity index (χ3n) is 15.5. The van der Waals surface area contributed by atoms with E-state index in [0.29, 0.717) is 0 Å². The molecule has 16 rings (SSSR count). The van der Waals surface area contributed by atoms with Crippen molar-refractivity contribution < 1.29 is 8.83 Å². The third kappa shape index (κ3) is 5.26. The van der Waals surface area contributed by atoms with Crippen molar-refractivity contribution in [3.63, 3.8) is 0 Å². The minimum atomic E-state index is -0.496. The van der Waals surface area contributed by atoms with Gasteiger partial charge in [-0.1, -0.05) is 188 Å². The first-order valence-electron chi connectivity index (χ1n) is 24.3. The Bertz CT molecular complexity index is 4490. The van der Waals surface area contributed by atoms with Gasteiger partial charge < -0.3 is 13.7 Å². The lowest BCUT2D eigenvalue weighted by molar-refractivity contribution is 0.665. The molecule has 0 unspecified atom stereocenters. The van der Waals surface area contributed by atoms with Gasteiger partial charge in [-0.2, -0.15) is 0 Å². The van der Waals surface area contributed by atoms with Crippen molar-refractivity contribution in [2.45, 2.75) is 5.41 Å². The lowest BCUT2D eigenvalue weighted by atomic mass is 9.70. The zero-order valence-electron chi connectivity index (χ0n) is 38.2. The van der Waals surface area contributed by atoms with Crippen molar-refractivity contribution in [1.82, 2.24) is 0 Å². The molecule has 330 valence electrons. The highest BCUT2D eigenvalue weighted by molar-refractivity contribution is 7.26. The summed E-state index contributed by atoms with van der Waals surface area (Å²) in [5, 5.41) is 6.65. The summed E-state index contributed by atoms with van der Waals surface area (Å²) in [7, 11) is 0. The van der Waals surface area contributed by atoms with E-state index < -0.39 is 5.41 Å². The minimum absolute atomic E-state index is 0.496. The molecule has 3 nitrogen and oxygen atoms in total. The molecular weight excluding hydrogens is 883 g/mol. The fraction of sp³-hybridized carbons (Fsp3) is 0.0149. The SMILES string of the molecule is c1ccc(-c2cccc(N(c3cccc4c3oc3c(-c5ccc6c(c5)C5(c7ccccc7-c7ccccc75)c5ccccc5-6)c5c(cc34)oc3ccccc35)c3cccc4c3sc3ccccc34)c2)cc1. The highest BCUT2D eigenvalue weighted by atomic mass is 32.1. The number of anilines is 3. The molecule has 14 aromatic rings. The summed E-state index contributed by atoms with van der Waals surface area (Å²) in [6, 6.07) is 86.5. The molecule has 0 aliphatic heterocycles. The van der Waals surface area contributed by atoms with Gasteiger partial charge in [0, 0.05) is 48.3 Å². The van der Waals surface area contributed by atoms with Gasteiger partial charge in [0.05, 0.1) is 21.5 Å². The predicted octanol–water partition coefficient (Wildman–Crippen LogP) is 19.0. The molecule has 0 radical (unpaired) electrons. The molecule has 0 amide bonds. The Morgan fingerprint density at radius 3 is 1.73 bits per heavy atom. The first-order chi connectivity index (χ1) is 35.2. The van der Waals surface area contributed by atoms with Gasteiger partial charge in [-0.25, -0.2) is 0 Å². The molecular formula is C67H39NO2S. The zero-order chi connectivity index (χ0) is 46.4. The number of para-hydroxylation sites is 2. The van der Waals surface area contributed by atoms with E-state index in [1.807, 2.05) is 11.3 Å². The fourth-order valence-corrected chi connectivity index (χ4v) is 13.8. The lowest BCUT2D eigenvalue weighted by Crippen LogP contribution is -2.25. The summed E-state index contributed by atoms with van der Waals surface area (Å²) < 4.78 is 17.0. The average molecular weight is 922 g/mol. The van der Waals surface area contributed by atoms with Gasteiger partial charge >= 0.3 is 0 Å². The summed E-state index contributed by atoms with van der Waals surface area (Å²) in [5.74, 6) is 0. The summed E-state index contributed by atoms with van der Waals surface area (Å²) in [4.78, 5) is 2.42. The van der Waals surface area contributed by atoms with E-state index >= 15 is 0 Å². The molecule has 0 saturated heterocycles. The van der Waals surface area contributed by atoms with Crippen molar-refractivity contribution in [2.24, 2.45) is 0 Å². The average Bonchev–Trinajstić information content (AvgIpc) is 4.24. The van der Waals surface area contributed by atoms with E-state index in [4.69, 9.17) is 8.83 Å². The van der Waals surface area contributed by atoms with Crippen molar-refractivity contribution in [3.05, 3.63) is 259 Å². The summed E-state index contributed by atoms with van der Waals surface area (Å²) in [6.45, 7) is 0. The molecule has 4 heteroatoms. The van der Waals surface area contributed by atoms with Crippen molar-refractivity contribution in [2.75, 3.05) is 4.90 Å². The molecule has 71 heavy (non-hydrogen) atoms. The van der Waals surface area contributed by atoms with Crippen LogP contribution in [-0.2, 0) is 5.41 Å². The largest absolute Gasteiger partial charge is 0.456 e. The lowest BCUT2D eigenvalue weighted by Gasteiger charge is -2.30. The zero-order valence-corrected chi connectivity index (χ0v) is 39.0. The van der Waals surface area contributed by atoms with Crippen LogP contribution in [0, 0.1) is 0 Å². The van der Waals surface area contributed by atoms with Crippen LogP contribution < -0.4 is 4.90 Å². The highest BCUT2D eigenvalue weighted by Crippen LogP contribution is 2.63. The van der Waals surface area contributed by atoms with Crippen molar-refractivity contribution in [3.8, 4) is 44.5 Å². The molecule has 0 fully saturated rings. The molecule has 0 atom stereocenters. The Morgan fingerprint density at radius 1 is 0.352 bits per heavy atom. The Balaban J connectivity index is 0.994. The van der Waals surface area contributed by atoms with E-state index in [0.717, 1.165) is 77.6 Å². The van der Waals surface area contributed by atoms with Crippen LogP contribution in [0.5, 0.6) is 0 Å². The normalized spacial score (nSPS) is 13.2. The smallest absolute Gasteiger partial charge is 0.159 e. The van der Waals surface area contributed by atoms with E-state index in [1.54, 1.807) is 0 Å². The van der Waals surface area contributed by atoms with Crippen LogP contribution in [0.15, 0.2) is 245 Å². The van der Waals surface area contributed by atoms with Crippen LogP contribution >= 0.6 is 11.3 Å². The maximum atomic E-state index is 7.64. The number of furan rings is 2. The Morgan fingerprint density at radius 2 is 0.958 bits per heavy atom. The second-order valence-corrected chi connectivity index (χ2v) is 20.1. The Labute approximate surface area is 412 Å². The minimum Gasteiger partial charge on any atom is -0.456 e. The molecule has 0 saturated carbocycles. The summed E-state index contributed by atoms with van der Waals surface area (Å²) in [5.41, 5.74) is 20.7. The predicted molar refractivity (Wildman–Crippen MR) is 296 cm³/mol. The second kappa shape index (κ2) is 14.5. The Kier molecular flexibility index (Phi) is 7.97. The van der Waals surface area contributed by atoms with Gasteiger partial charge in [0.2, 0.25) is 0 Å². The van der Waals surface area contributed by atoms with Crippen LogP contribution in [-0.4, -0.2) is 0 Å². The first kappa shape index (κ1) is 38.9. The standard InChI is InChI=1S/C67H39NO2S/c1-2-17-40(18-3-1)41-19-14-20-43(37-41)68(58-32-16-27-50-48-24-8-13-34-61(48)71-66(50)58)57-31-15-26-49-52-39-60-63(51-25-7-12-33-59(51)69-60)62(65(52)70-64(49)57)42-35-36-47-46-23-6-11-30-55(46)67(56(47)38-42)53-28-9-4-21-44(53)45-22-5-10-29-54(45)67/h1-39H. The molecule has 11 aromatic carbocycles. The number of rotatable bonds is 5. The number of nitrogens with zero attached hydrogens (tertiary/aromatic N) is 1. The van der Waals surface area contributed by atoms with E-state index in [1.165, 1.54) is 70.2 Å². The highest BCUT2D eigenvalue weighted by Gasteiger charge is 2.51. The van der Waals surface area contributed by atoms with Crippen LogP contribution in [0.2, 0.25) is 0 Å². The van der Waals surface area contributed by atoms with Crippen molar-refractivity contribution >= 4 is 92.4 Å². The number of thiophene rings is 1. The maximum absolute atomic E-state index is 7.64. The number of fused-ring (bicyclic) bond motifs is 19. The maximum Gasteiger partial charge on any atom is 0.159 e. The van der Waals surface area contributed by atoms with Crippen LogP contribution in [0.25, 0.3) is 109 Å². The molecule has 0 N–H and O–H groups in total. The molecule has 2 aliphatic carbocycles. The van der Waals surface area contributed by atoms with E-state index in [9.17, 15) is 0 Å². The number of hydrogen-bond acceptors (Lipinski definition) is 4. The van der Waals surface area contributed by atoms with E-state index in [-0.39, 0.29) is 0 Å². The molecule has 3 aromatic heterocycles. The second-order valence-electron chi connectivity index (χ2n) is 19.0. The van der Waals surface area contributed by atoms with E-state index in [2.05, 4.69) is 241 Å². The van der Waals surface area contributed by atoms with Crippen LogP contribution in [0.4, 0.5) is 17.1 Å². The third-order valence-corrected chi connectivity index (χ3v) is 16.7. The van der Waals surface area contributed by atoms with Gasteiger partial charge in [-0.15, -0.1) is 11.3 Å². The Hall–Kier alpha value is -8.96. The van der Waals surface area contributed by atoms with Crippen LogP contribution in [0.1, 0.15) is 22.3 Å². The van der Waals surface area contributed by atoms with Crippen LogP contribution in [0.3, 0.4) is 0 Å². The van der Waals surface area contributed by atoms with Gasteiger partial charge in [-0.3, -0.25) is 0 Å².